The fourth-order valence-electron chi connectivity index (χ4n) is 3.64. The number of nitrogens with zero attached hydrogens (tertiary/aromatic N) is 2. The fourth-order valence-corrected chi connectivity index (χ4v) is 3.64. The van der Waals surface area contributed by atoms with Gasteiger partial charge in [0.05, 0.1) is 0 Å². The molecular formula is C17H32N2O. The molecule has 2 aliphatic heterocycles. The van der Waals surface area contributed by atoms with Gasteiger partial charge in [0.2, 0.25) is 5.91 Å². The third kappa shape index (κ3) is 4.47. The molecule has 0 aromatic rings. The molecule has 0 spiro atoms. The number of hydrogen-bond acceptors (Lipinski definition) is 2. The fraction of sp³-hybridized carbons (Fsp3) is 0.941. The summed E-state index contributed by atoms with van der Waals surface area (Å²) in [6.45, 7) is 10.0. The quantitative estimate of drug-likeness (QED) is 0.722. The summed E-state index contributed by atoms with van der Waals surface area (Å²) in [5, 5.41) is 0. The lowest BCUT2D eigenvalue weighted by molar-refractivity contribution is -0.138. The number of hydrogen-bond donors (Lipinski definition) is 0. The summed E-state index contributed by atoms with van der Waals surface area (Å²) in [6.07, 6.45) is 8.60. The van der Waals surface area contributed by atoms with E-state index in [0.29, 0.717) is 17.7 Å². The smallest absolute Gasteiger partial charge is 0.225 e. The minimum atomic E-state index is 0.308. The molecule has 3 nitrogen and oxygen atoms in total. The molecule has 2 aliphatic rings. The van der Waals surface area contributed by atoms with Crippen LogP contribution in [0, 0.1) is 11.8 Å². The van der Waals surface area contributed by atoms with Crippen molar-refractivity contribution in [3.05, 3.63) is 0 Å². The molecule has 0 aromatic carbocycles. The highest BCUT2D eigenvalue weighted by molar-refractivity contribution is 5.79. The monoisotopic (exact) mass is 280 g/mol. The third-order valence-corrected chi connectivity index (χ3v) is 4.98. The van der Waals surface area contributed by atoms with Crippen LogP contribution in [0.1, 0.15) is 58.8 Å². The summed E-state index contributed by atoms with van der Waals surface area (Å²) in [5.74, 6) is 1.45. The molecule has 1 amide bonds. The zero-order chi connectivity index (χ0) is 14.4. The van der Waals surface area contributed by atoms with Crippen LogP contribution in [0.2, 0.25) is 0 Å². The van der Waals surface area contributed by atoms with Crippen molar-refractivity contribution in [1.29, 1.82) is 0 Å². The SMILES string of the molecule is CCCCCN1CCC(C(=O)N2CCCC(C)C2)CC1. The Morgan fingerprint density at radius 2 is 1.85 bits per heavy atom. The van der Waals surface area contributed by atoms with Gasteiger partial charge in [-0.05, 0) is 57.7 Å². The number of carbonyl (C=O) groups excluding carboxylic acids is 1. The van der Waals surface area contributed by atoms with Crippen LogP contribution in [0.25, 0.3) is 0 Å². The highest BCUT2D eigenvalue weighted by Gasteiger charge is 2.30. The van der Waals surface area contributed by atoms with Gasteiger partial charge in [0.1, 0.15) is 0 Å². The average molecular weight is 280 g/mol. The highest BCUT2D eigenvalue weighted by Crippen LogP contribution is 2.23. The number of unbranched alkanes of at least 4 members (excludes halogenated alkanes) is 2. The zero-order valence-electron chi connectivity index (χ0n) is 13.4. The van der Waals surface area contributed by atoms with Gasteiger partial charge in [0.25, 0.3) is 0 Å². The van der Waals surface area contributed by atoms with E-state index in [4.69, 9.17) is 0 Å². The van der Waals surface area contributed by atoms with E-state index in [-0.39, 0.29) is 0 Å². The van der Waals surface area contributed by atoms with E-state index < -0.39 is 0 Å². The molecule has 116 valence electrons. The summed E-state index contributed by atoms with van der Waals surface area (Å²) < 4.78 is 0. The highest BCUT2D eigenvalue weighted by atomic mass is 16.2. The summed E-state index contributed by atoms with van der Waals surface area (Å²) in [7, 11) is 0. The Hall–Kier alpha value is -0.570. The zero-order valence-corrected chi connectivity index (χ0v) is 13.4. The maximum atomic E-state index is 12.6. The predicted octanol–water partition coefficient (Wildman–Crippen LogP) is 3.15. The van der Waals surface area contributed by atoms with Crippen LogP contribution < -0.4 is 0 Å². The molecule has 1 unspecified atom stereocenters. The second-order valence-corrected chi connectivity index (χ2v) is 6.85. The molecule has 0 N–H and O–H groups in total. The Balaban J connectivity index is 1.71. The van der Waals surface area contributed by atoms with Crippen molar-refractivity contribution in [1.82, 2.24) is 9.80 Å². The number of piperidine rings is 2. The van der Waals surface area contributed by atoms with Gasteiger partial charge < -0.3 is 9.80 Å². The van der Waals surface area contributed by atoms with Gasteiger partial charge in [-0.15, -0.1) is 0 Å². The summed E-state index contributed by atoms with van der Waals surface area (Å²) >= 11 is 0. The molecule has 1 atom stereocenters. The van der Waals surface area contributed by atoms with Gasteiger partial charge in [-0.25, -0.2) is 0 Å². The lowest BCUT2D eigenvalue weighted by atomic mass is 9.92. The Kier molecular flexibility index (Phi) is 6.34. The molecule has 0 aliphatic carbocycles. The van der Waals surface area contributed by atoms with Crippen molar-refractivity contribution in [2.45, 2.75) is 58.8 Å². The first kappa shape index (κ1) is 15.8. The number of carbonyl (C=O) groups is 1. The van der Waals surface area contributed by atoms with Crippen LogP contribution >= 0.6 is 0 Å². The van der Waals surface area contributed by atoms with E-state index in [9.17, 15) is 4.79 Å². The first-order chi connectivity index (χ1) is 9.70. The standard InChI is InChI=1S/C17H32N2O/c1-3-4-5-10-18-12-8-16(9-13-18)17(20)19-11-6-7-15(2)14-19/h15-16H,3-14H2,1-2H3. The Morgan fingerprint density at radius 3 is 2.50 bits per heavy atom. The molecule has 2 rings (SSSR count). The van der Waals surface area contributed by atoms with Crippen molar-refractivity contribution in [3.8, 4) is 0 Å². The van der Waals surface area contributed by atoms with Crippen molar-refractivity contribution in [2.75, 3.05) is 32.7 Å². The minimum Gasteiger partial charge on any atom is -0.342 e. The van der Waals surface area contributed by atoms with Crippen molar-refractivity contribution < 1.29 is 4.79 Å². The second-order valence-electron chi connectivity index (χ2n) is 6.85. The Bertz CT molecular complexity index is 297. The first-order valence-corrected chi connectivity index (χ1v) is 8.71. The molecule has 0 radical (unpaired) electrons. The van der Waals surface area contributed by atoms with E-state index in [2.05, 4.69) is 23.6 Å². The molecule has 2 saturated heterocycles. The maximum Gasteiger partial charge on any atom is 0.225 e. The molecule has 0 saturated carbocycles. The molecular weight excluding hydrogens is 248 g/mol. The van der Waals surface area contributed by atoms with Gasteiger partial charge in [-0.1, -0.05) is 26.7 Å². The molecule has 3 heteroatoms. The van der Waals surface area contributed by atoms with Crippen LogP contribution in [0.4, 0.5) is 0 Å². The largest absolute Gasteiger partial charge is 0.342 e. The number of likely N-dealkylation sites (tertiary alicyclic amines) is 2. The molecule has 2 heterocycles. The summed E-state index contributed by atoms with van der Waals surface area (Å²) in [4.78, 5) is 17.3. The van der Waals surface area contributed by atoms with E-state index in [1.807, 2.05) is 0 Å². The maximum absolute atomic E-state index is 12.6. The third-order valence-electron chi connectivity index (χ3n) is 4.98. The first-order valence-electron chi connectivity index (χ1n) is 8.71. The van der Waals surface area contributed by atoms with Gasteiger partial charge in [0.15, 0.2) is 0 Å². The number of amides is 1. The average Bonchev–Trinajstić information content (AvgIpc) is 2.47. The van der Waals surface area contributed by atoms with E-state index in [1.54, 1.807) is 0 Å². The van der Waals surface area contributed by atoms with Crippen molar-refractivity contribution >= 4 is 5.91 Å². The molecule has 0 aromatic heterocycles. The van der Waals surface area contributed by atoms with Gasteiger partial charge in [-0.2, -0.15) is 0 Å². The minimum absolute atomic E-state index is 0.308. The van der Waals surface area contributed by atoms with Gasteiger partial charge in [-0.3, -0.25) is 4.79 Å². The number of rotatable bonds is 5. The van der Waals surface area contributed by atoms with Crippen LogP contribution in [0.3, 0.4) is 0 Å². The summed E-state index contributed by atoms with van der Waals surface area (Å²) in [6, 6.07) is 0. The predicted molar refractivity (Wildman–Crippen MR) is 83.7 cm³/mol. The summed E-state index contributed by atoms with van der Waals surface area (Å²) in [5.41, 5.74) is 0. The molecule has 2 fully saturated rings. The van der Waals surface area contributed by atoms with Crippen LogP contribution in [0.15, 0.2) is 0 Å². The molecule has 20 heavy (non-hydrogen) atoms. The van der Waals surface area contributed by atoms with Crippen molar-refractivity contribution in [3.63, 3.8) is 0 Å². The van der Waals surface area contributed by atoms with E-state index in [0.717, 1.165) is 39.0 Å². The van der Waals surface area contributed by atoms with Gasteiger partial charge in [0, 0.05) is 19.0 Å². The van der Waals surface area contributed by atoms with E-state index >= 15 is 0 Å². The van der Waals surface area contributed by atoms with Crippen LogP contribution in [0.5, 0.6) is 0 Å². The van der Waals surface area contributed by atoms with E-state index in [1.165, 1.54) is 38.6 Å². The Morgan fingerprint density at radius 1 is 1.10 bits per heavy atom. The van der Waals surface area contributed by atoms with Crippen molar-refractivity contribution in [2.24, 2.45) is 11.8 Å². The lowest BCUT2D eigenvalue weighted by Gasteiger charge is -2.37. The van der Waals surface area contributed by atoms with Crippen LogP contribution in [-0.4, -0.2) is 48.4 Å². The lowest BCUT2D eigenvalue weighted by Crippen LogP contribution is -2.46. The second kappa shape index (κ2) is 8.02. The topological polar surface area (TPSA) is 23.6 Å². The van der Waals surface area contributed by atoms with Gasteiger partial charge >= 0.3 is 0 Å². The molecule has 0 bridgehead atoms. The van der Waals surface area contributed by atoms with Crippen LogP contribution in [-0.2, 0) is 4.79 Å². The normalized spacial score (nSPS) is 25.9. The Labute approximate surface area is 124 Å².